The summed E-state index contributed by atoms with van der Waals surface area (Å²) < 4.78 is 18.1. The van der Waals surface area contributed by atoms with Crippen molar-refractivity contribution in [1.82, 2.24) is 24.5 Å². The maximum absolute atomic E-state index is 14.2. The smallest absolute Gasteiger partial charge is 0.257 e. The normalized spacial score (nSPS) is 11.2. The summed E-state index contributed by atoms with van der Waals surface area (Å²) in [6.45, 7) is 4.78. The summed E-state index contributed by atoms with van der Waals surface area (Å²) in [5.41, 5.74) is 3.83. The number of hydrogen-bond donors (Lipinski definition) is 1. The zero-order chi connectivity index (χ0) is 25.4. The molecule has 2 aromatic carbocycles. The lowest BCUT2D eigenvalue weighted by molar-refractivity contribution is 0.102. The molecule has 0 aliphatic rings. The van der Waals surface area contributed by atoms with Gasteiger partial charge in [-0.25, -0.2) is 9.37 Å². The molecule has 36 heavy (non-hydrogen) atoms. The minimum Gasteiger partial charge on any atom is -0.304 e. The standard InChI is InChI=1S/C26H21BrClFN6O/c1-3-34-12-18(15(2)32-34)24-11-17(16-7-4-5-10-23(16)30-24)26(36)31-25-20(27)14-35(33-25)13-19-21(28)8-6-9-22(19)29/h4-12,14H,3,13H2,1-2H3,(H,31,33,36). The Kier molecular flexibility index (Phi) is 6.59. The lowest BCUT2D eigenvalue weighted by atomic mass is 10.0. The number of pyridine rings is 1. The molecule has 0 saturated carbocycles. The van der Waals surface area contributed by atoms with E-state index in [-0.39, 0.29) is 12.5 Å². The number of nitrogens with one attached hydrogen (secondary N) is 1. The lowest BCUT2D eigenvalue weighted by Gasteiger charge is -2.10. The molecule has 5 aromatic rings. The highest BCUT2D eigenvalue weighted by atomic mass is 79.9. The number of anilines is 1. The van der Waals surface area contributed by atoms with Crippen molar-refractivity contribution < 1.29 is 9.18 Å². The molecule has 3 heterocycles. The Labute approximate surface area is 220 Å². The summed E-state index contributed by atoms with van der Waals surface area (Å²) in [7, 11) is 0. The molecule has 0 radical (unpaired) electrons. The number of carbonyl (C=O) groups excluding carboxylic acids is 1. The highest BCUT2D eigenvalue weighted by molar-refractivity contribution is 9.10. The molecule has 1 amide bonds. The highest BCUT2D eigenvalue weighted by Gasteiger charge is 2.19. The zero-order valence-corrected chi connectivity index (χ0v) is 21.8. The van der Waals surface area contributed by atoms with Gasteiger partial charge in [0.1, 0.15) is 5.82 Å². The predicted octanol–water partition coefficient (Wildman–Crippen LogP) is 6.48. The summed E-state index contributed by atoms with van der Waals surface area (Å²) in [5, 5.41) is 12.8. The van der Waals surface area contributed by atoms with E-state index in [1.54, 1.807) is 24.4 Å². The second-order valence-corrected chi connectivity index (χ2v) is 9.50. The summed E-state index contributed by atoms with van der Waals surface area (Å²) in [6.07, 6.45) is 3.59. The van der Waals surface area contributed by atoms with Crippen molar-refractivity contribution in [2.45, 2.75) is 26.9 Å². The molecular formula is C26H21BrClFN6O. The van der Waals surface area contributed by atoms with Crippen LogP contribution in [0.15, 0.2) is 65.4 Å². The molecule has 0 fully saturated rings. The number of fused-ring (bicyclic) bond motifs is 1. The van der Waals surface area contributed by atoms with Crippen LogP contribution in [0, 0.1) is 12.7 Å². The topological polar surface area (TPSA) is 77.6 Å². The van der Waals surface area contributed by atoms with Crippen LogP contribution in [0.3, 0.4) is 0 Å². The molecule has 0 unspecified atom stereocenters. The molecular weight excluding hydrogens is 547 g/mol. The maximum atomic E-state index is 14.2. The Hall–Kier alpha value is -3.56. The third kappa shape index (κ3) is 4.64. The van der Waals surface area contributed by atoms with E-state index in [2.05, 4.69) is 31.4 Å². The van der Waals surface area contributed by atoms with Gasteiger partial charge in [-0.2, -0.15) is 10.2 Å². The van der Waals surface area contributed by atoms with Gasteiger partial charge in [-0.3, -0.25) is 14.2 Å². The second kappa shape index (κ2) is 9.83. The Balaban J connectivity index is 1.49. The molecule has 0 saturated heterocycles. The molecule has 0 atom stereocenters. The van der Waals surface area contributed by atoms with Gasteiger partial charge < -0.3 is 5.32 Å². The van der Waals surface area contributed by atoms with Crippen LogP contribution in [0.4, 0.5) is 10.2 Å². The van der Waals surface area contributed by atoms with Crippen molar-refractivity contribution in [1.29, 1.82) is 0 Å². The Morgan fingerprint density at radius 2 is 1.92 bits per heavy atom. The van der Waals surface area contributed by atoms with Gasteiger partial charge in [0.15, 0.2) is 5.82 Å². The summed E-state index contributed by atoms with van der Waals surface area (Å²) in [5.74, 6) is -0.452. The first-order chi connectivity index (χ1) is 17.3. The van der Waals surface area contributed by atoms with Crippen molar-refractivity contribution in [2.24, 2.45) is 0 Å². The largest absolute Gasteiger partial charge is 0.304 e. The van der Waals surface area contributed by atoms with Gasteiger partial charge in [0.05, 0.1) is 33.5 Å². The molecule has 0 bridgehead atoms. The van der Waals surface area contributed by atoms with E-state index < -0.39 is 5.82 Å². The van der Waals surface area contributed by atoms with Crippen molar-refractivity contribution >= 4 is 50.2 Å². The second-order valence-electron chi connectivity index (χ2n) is 8.23. The van der Waals surface area contributed by atoms with Gasteiger partial charge in [0, 0.05) is 40.5 Å². The number of amides is 1. The molecule has 5 rings (SSSR count). The van der Waals surface area contributed by atoms with Crippen molar-refractivity contribution in [3.05, 3.63) is 93.1 Å². The van der Waals surface area contributed by atoms with Crippen molar-refractivity contribution in [3.63, 3.8) is 0 Å². The Bertz CT molecular complexity index is 1590. The number of benzene rings is 2. The average molecular weight is 568 g/mol. The monoisotopic (exact) mass is 566 g/mol. The number of carbonyl (C=O) groups is 1. The van der Waals surface area contributed by atoms with Crippen LogP contribution in [0.1, 0.15) is 28.5 Å². The number of aryl methyl sites for hydroxylation is 2. The molecule has 0 aliphatic carbocycles. The quantitative estimate of drug-likeness (QED) is 0.255. The Morgan fingerprint density at radius 1 is 1.11 bits per heavy atom. The summed E-state index contributed by atoms with van der Waals surface area (Å²) >= 11 is 9.60. The van der Waals surface area contributed by atoms with E-state index in [0.29, 0.717) is 43.0 Å². The van der Waals surface area contributed by atoms with Crippen LogP contribution >= 0.6 is 27.5 Å². The number of nitrogens with zero attached hydrogens (tertiary/aromatic N) is 5. The minimum absolute atomic E-state index is 0.114. The molecule has 3 aromatic heterocycles. The zero-order valence-electron chi connectivity index (χ0n) is 19.5. The van der Waals surface area contributed by atoms with Crippen LogP contribution in [-0.2, 0) is 13.1 Å². The van der Waals surface area contributed by atoms with Crippen molar-refractivity contribution in [2.75, 3.05) is 5.32 Å². The van der Waals surface area contributed by atoms with E-state index in [1.165, 1.54) is 10.7 Å². The number of aromatic nitrogens is 5. The third-order valence-electron chi connectivity index (χ3n) is 5.84. The molecule has 0 spiro atoms. The fourth-order valence-corrected chi connectivity index (χ4v) is 4.65. The number of rotatable bonds is 6. The van der Waals surface area contributed by atoms with Gasteiger partial charge in [0.2, 0.25) is 0 Å². The molecule has 182 valence electrons. The minimum atomic E-state index is -0.419. The average Bonchev–Trinajstić information content (AvgIpc) is 3.42. The Morgan fingerprint density at radius 3 is 2.67 bits per heavy atom. The fourth-order valence-electron chi connectivity index (χ4n) is 4.02. The predicted molar refractivity (Wildman–Crippen MR) is 142 cm³/mol. The fraction of sp³-hybridized carbons (Fsp3) is 0.154. The van der Waals surface area contributed by atoms with Crippen LogP contribution < -0.4 is 5.32 Å². The number of hydrogen-bond acceptors (Lipinski definition) is 4. The van der Waals surface area contributed by atoms with E-state index in [9.17, 15) is 9.18 Å². The molecule has 0 aliphatic heterocycles. The van der Waals surface area contributed by atoms with E-state index in [1.807, 2.05) is 49.0 Å². The van der Waals surface area contributed by atoms with Gasteiger partial charge in [-0.15, -0.1) is 0 Å². The van der Waals surface area contributed by atoms with Crippen LogP contribution in [0.2, 0.25) is 5.02 Å². The van der Waals surface area contributed by atoms with Crippen LogP contribution in [-0.4, -0.2) is 30.5 Å². The van der Waals surface area contributed by atoms with E-state index >= 15 is 0 Å². The molecule has 7 nitrogen and oxygen atoms in total. The van der Waals surface area contributed by atoms with Crippen molar-refractivity contribution in [3.8, 4) is 11.3 Å². The van der Waals surface area contributed by atoms with E-state index in [4.69, 9.17) is 16.6 Å². The van der Waals surface area contributed by atoms with Crippen LogP contribution in [0.25, 0.3) is 22.2 Å². The summed E-state index contributed by atoms with van der Waals surface area (Å²) in [6, 6.07) is 13.8. The van der Waals surface area contributed by atoms with Gasteiger partial charge >= 0.3 is 0 Å². The van der Waals surface area contributed by atoms with E-state index in [0.717, 1.165) is 17.8 Å². The maximum Gasteiger partial charge on any atom is 0.257 e. The van der Waals surface area contributed by atoms with Crippen LogP contribution in [0.5, 0.6) is 0 Å². The first-order valence-electron chi connectivity index (χ1n) is 11.3. The lowest BCUT2D eigenvalue weighted by Crippen LogP contribution is -2.14. The third-order valence-corrected chi connectivity index (χ3v) is 6.77. The number of para-hydroxylation sites is 1. The number of halogens is 3. The summed E-state index contributed by atoms with van der Waals surface area (Å²) in [4.78, 5) is 18.3. The highest BCUT2D eigenvalue weighted by Crippen LogP contribution is 2.29. The molecule has 10 heteroatoms. The first-order valence-corrected chi connectivity index (χ1v) is 12.4. The van der Waals surface area contributed by atoms with Gasteiger partial charge in [0.25, 0.3) is 5.91 Å². The molecule has 1 N–H and O–H groups in total. The van der Waals surface area contributed by atoms with Gasteiger partial charge in [-0.05, 0) is 54.0 Å². The first kappa shape index (κ1) is 24.1. The van der Waals surface area contributed by atoms with Gasteiger partial charge in [-0.1, -0.05) is 35.9 Å². The SMILES string of the molecule is CCn1cc(-c2cc(C(=O)Nc3nn(Cc4c(F)cccc4Cl)cc3Br)c3ccccc3n2)c(C)n1.